The lowest BCUT2D eigenvalue weighted by Gasteiger charge is -2.29. The number of nitrogens with zero attached hydrogens (tertiary/aromatic N) is 1. The molecule has 0 saturated carbocycles. The van der Waals surface area contributed by atoms with E-state index in [9.17, 15) is 19.4 Å². The molecule has 61 heavy (non-hydrogen) atoms. The van der Waals surface area contributed by atoms with Gasteiger partial charge in [-0.3, -0.25) is 9.36 Å². The number of likely N-dealkylation sites (N-methyl/N-ethyl adjacent to an activating group) is 1. The first-order valence-corrected chi connectivity index (χ1v) is 26.6. The zero-order valence-corrected chi connectivity index (χ0v) is 41.2. The molecule has 356 valence electrons. The lowest BCUT2D eigenvalue weighted by molar-refractivity contribution is -0.870. The maximum atomic E-state index is 12.9. The second kappa shape index (κ2) is 43.5. The van der Waals surface area contributed by atoms with Crippen LogP contribution >= 0.6 is 7.82 Å². The van der Waals surface area contributed by atoms with E-state index in [0.717, 1.165) is 64.2 Å². The third kappa shape index (κ3) is 46.0. The van der Waals surface area contributed by atoms with Gasteiger partial charge in [0.2, 0.25) is 5.91 Å². The van der Waals surface area contributed by atoms with Crippen molar-refractivity contribution in [3.05, 3.63) is 60.8 Å². The van der Waals surface area contributed by atoms with Crippen molar-refractivity contribution in [2.24, 2.45) is 0 Å². The van der Waals surface area contributed by atoms with Gasteiger partial charge in [-0.15, -0.1) is 0 Å². The van der Waals surface area contributed by atoms with Crippen LogP contribution in [0.15, 0.2) is 60.8 Å². The van der Waals surface area contributed by atoms with Crippen molar-refractivity contribution in [2.75, 3.05) is 40.9 Å². The molecule has 0 heterocycles. The monoisotopic (exact) mass is 877 g/mol. The van der Waals surface area contributed by atoms with Crippen molar-refractivity contribution in [2.45, 2.75) is 225 Å². The van der Waals surface area contributed by atoms with Gasteiger partial charge in [0.1, 0.15) is 13.2 Å². The summed E-state index contributed by atoms with van der Waals surface area (Å²) in [5.74, 6) is -0.216. The first-order chi connectivity index (χ1) is 29.5. The predicted octanol–water partition coefficient (Wildman–Crippen LogP) is 14.0. The molecule has 0 saturated heterocycles. The molecule has 0 aromatic rings. The molecular formula is C52H97N2O6P. The molecule has 0 aliphatic rings. The van der Waals surface area contributed by atoms with Gasteiger partial charge < -0.3 is 28.8 Å². The molecule has 0 aromatic carbocycles. The van der Waals surface area contributed by atoms with E-state index in [1.165, 1.54) is 128 Å². The number of nitrogens with one attached hydrogen (secondary N) is 1. The van der Waals surface area contributed by atoms with Crippen molar-refractivity contribution in [1.82, 2.24) is 5.32 Å². The maximum Gasteiger partial charge on any atom is 0.268 e. The van der Waals surface area contributed by atoms with Crippen molar-refractivity contribution in [1.29, 1.82) is 0 Å². The summed E-state index contributed by atoms with van der Waals surface area (Å²) in [5.41, 5.74) is 0. The van der Waals surface area contributed by atoms with Crippen LogP contribution < -0.4 is 10.2 Å². The van der Waals surface area contributed by atoms with Gasteiger partial charge in [-0.25, -0.2) is 0 Å². The summed E-state index contributed by atoms with van der Waals surface area (Å²) in [5, 5.41) is 13.8. The lowest BCUT2D eigenvalue weighted by atomic mass is 10.1. The molecule has 9 heteroatoms. The quantitative estimate of drug-likeness (QED) is 0.0273. The molecule has 0 aliphatic carbocycles. The first kappa shape index (κ1) is 59.2. The number of aliphatic hydroxyl groups excluding tert-OH is 1. The molecule has 0 bridgehead atoms. The van der Waals surface area contributed by atoms with Gasteiger partial charge in [0.05, 0.1) is 39.9 Å². The average Bonchev–Trinajstić information content (AvgIpc) is 3.21. The Bertz CT molecular complexity index is 1180. The van der Waals surface area contributed by atoms with Crippen molar-refractivity contribution in [3.63, 3.8) is 0 Å². The SMILES string of the molecule is CCCCCCC/C=C\C/C=C\C/C=C\CCCCCCCCCCC(=O)NC(COP(=O)([O-])OCC[N+](C)(C)C)C(O)/C=C/CC/C=C/CCCCCCCCCCCC. The Morgan fingerprint density at radius 1 is 0.574 bits per heavy atom. The van der Waals surface area contributed by atoms with Gasteiger partial charge in [-0.1, -0.05) is 197 Å². The normalized spacial score (nSPS) is 14.7. The Hall–Kier alpha value is -1.80. The van der Waals surface area contributed by atoms with E-state index in [4.69, 9.17) is 9.05 Å². The molecule has 0 aliphatic heterocycles. The fourth-order valence-electron chi connectivity index (χ4n) is 6.94. The predicted molar refractivity (Wildman–Crippen MR) is 261 cm³/mol. The van der Waals surface area contributed by atoms with Crippen LogP contribution in [0.1, 0.15) is 213 Å². The standard InChI is InChI=1S/C52H97N2O6P/c1-6-8-10-12-14-16-18-20-22-24-25-26-27-28-29-30-32-34-36-38-40-42-44-46-52(56)53-50(49-60-61(57,58)59-48-47-54(3,4)5)51(55)45-43-41-39-37-35-33-31-23-21-19-17-15-13-11-9-7-2/h18,20,24-25,27-28,35,37,43,45,50-51,55H,6-17,19,21-23,26,29-34,36,38-42,44,46-49H2,1-5H3,(H-,53,56,57,58)/b20-18-,25-24-,28-27-,37-35+,45-43+. The van der Waals surface area contributed by atoms with Crippen molar-refractivity contribution >= 4 is 13.7 Å². The summed E-state index contributed by atoms with van der Waals surface area (Å²) < 4.78 is 23.2. The van der Waals surface area contributed by atoms with Crippen LogP contribution in [-0.2, 0) is 18.4 Å². The van der Waals surface area contributed by atoms with E-state index in [1.807, 2.05) is 27.2 Å². The number of hydrogen-bond acceptors (Lipinski definition) is 6. The number of unbranched alkanes of at least 4 members (excludes halogenated alkanes) is 24. The molecule has 8 nitrogen and oxygen atoms in total. The summed E-state index contributed by atoms with van der Waals surface area (Å²) in [7, 11) is 1.23. The number of amides is 1. The largest absolute Gasteiger partial charge is 0.756 e. The fraction of sp³-hybridized carbons (Fsp3) is 0.788. The van der Waals surface area contributed by atoms with Crippen molar-refractivity contribution < 1.29 is 32.9 Å². The lowest BCUT2D eigenvalue weighted by Crippen LogP contribution is -2.45. The van der Waals surface area contributed by atoms with Crippen LogP contribution in [0.4, 0.5) is 0 Å². The Labute approximate surface area is 377 Å². The molecule has 1 amide bonds. The van der Waals surface area contributed by atoms with Gasteiger partial charge in [0, 0.05) is 6.42 Å². The molecule has 3 unspecified atom stereocenters. The number of phosphoric ester groups is 1. The van der Waals surface area contributed by atoms with Crippen LogP contribution in [0.3, 0.4) is 0 Å². The second-order valence-electron chi connectivity index (χ2n) is 18.2. The van der Waals surface area contributed by atoms with Crippen LogP contribution in [-0.4, -0.2) is 68.5 Å². The molecule has 0 spiro atoms. The molecule has 0 rings (SSSR count). The highest BCUT2D eigenvalue weighted by molar-refractivity contribution is 7.45. The van der Waals surface area contributed by atoms with Crippen LogP contribution in [0, 0.1) is 0 Å². The topological polar surface area (TPSA) is 108 Å². The number of allylic oxidation sites excluding steroid dienone is 9. The number of carbonyl (C=O) groups excluding carboxylic acids is 1. The average molecular weight is 877 g/mol. The summed E-state index contributed by atoms with van der Waals surface area (Å²) in [6, 6.07) is -0.909. The van der Waals surface area contributed by atoms with Gasteiger partial charge in [0.25, 0.3) is 7.82 Å². The molecule has 2 N–H and O–H groups in total. The van der Waals surface area contributed by atoms with Crippen molar-refractivity contribution in [3.8, 4) is 0 Å². The van der Waals surface area contributed by atoms with E-state index in [1.54, 1.807) is 6.08 Å². The number of carbonyl (C=O) groups is 1. The third-order valence-electron chi connectivity index (χ3n) is 10.9. The van der Waals surface area contributed by atoms with E-state index in [-0.39, 0.29) is 12.5 Å². The minimum absolute atomic E-state index is 0.0101. The molecular weight excluding hydrogens is 780 g/mol. The Morgan fingerprint density at radius 3 is 1.44 bits per heavy atom. The Balaban J connectivity index is 4.37. The zero-order chi connectivity index (χ0) is 45.0. The molecule has 0 fully saturated rings. The number of quaternary nitrogens is 1. The van der Waals surface area contributed by atoms with Gasteiger partial charge in [0.15, 0.2) is 0 Å². The van der Waals surface area contributed by atoms with Gasteiger partial charge in [-0.2, -0.15) is 0 Å². The number of aliphatic hydroxyl groups is 1. The second-order valence-corrected chi connectivity index (χ2v) is 19.6. The van der Waals surface area contributed by atoms with E-state index in [0.29, 0.717) is 17.4 Å². The minimum Gasteiger partial charge on any atom is -0.756 e. The molecule has 0 radical (unpaired) electrons. The van der Waals surface area contributed by atoms with Gasteiger partial charge in [-0.05, 0) is 70.6 Å². The molecule has 0 aromatic heterocycles. The third-order valence-corrected chi connectivity index (χ3v) is 11.9. The van der Waals surface area contributed by atoms with Crippen LogP contribution in [0.25, 0.3) is 0 Å². The Kier molecular flexibility index (Phi) is 42.2. The zero-order valence-electron chi connectivity index (χ0n) is 40.4. The van der Waals surface area contributed by atoms with Crippen LogP contribution in [0.5, 0.6) is 0 Å². The highest BCUT2D eigenvalue weighted by Gasteiger charge is 2.23. The Morgan fingerprint density at radius 2 is 0.967 bits per heavy atom. The summed E-state index contributed by atoms with van der Waals surface area (Å²) >= 11 is 0. The summed E-state index contributed by atoms with van der Waals surface area (Å²) in [4.78, 5) is 25.4. The summed E-state index contributed by atoms with van der Waals surface area (Å²) in [6.07, 6.45) is 57.0. The first-order valence-electron chi connectivity index (χ1n) is 25.2. The number of phosphoric acid groups is 1. The van der Waals surface area contributed by atoms with Crippen LogP contribution in [0.2, 0.25) is 0 Å². The highest BCUT2D eigenvalue weighted by atomic mass is 31.2. The maximum absolute atomic E-state index is 12.9. The smallest absolute Gasteiger partial charge is 0.268 e. The van der Waals surface area contributed by atoms with E-state index < -0.39 is 26.6 Å². The van der Waals surface area contributed by atoms with E-state index >= 15 is 0 Å². The number of rotatable bonds is 45. The fourth-order valence-corrected chi connectivity index (χ4v) is 7.66. The van der Waals surface area contributed by atoms with Gasteiger partial charge >= 0.3 is 0 Å². The number of hydrogen-bond donors (Lipinski definition) is 2. The highest BCUT2D eigenvalue weighted by Crippen LogP contribution is 2.38. The van der Waals surface area contributed by atoms with E-state index in [2.05, 4.69) is 67.8 Å². The summed E-state index contributed by atoms with van der Waals surface area (Å²) in [6.45, 7) is 4.60. The minimum atomic E-state index is -4.60. The molecule has 3 atom stereocenters.